The summed E-state index contributed by atoms with van der Waals surface area (Å²) in [6, 6.07) is 0. The second kappa shape index (κ2) is 5.84. The van der Waals surface area contributed by atoms with Crippen LogP contribution in [0.2, 0.25) is 0 Å². The van der Waals surface area contributed by atoms with E-state index in [1.165, 1.54) is 0 Å². The van der Waals surface area contributed by atoms with Gasteiger partial charge in [0.05, 0.1) is 25.0 Å². The van der Waals surface area contributed by atoms with E-state index in [0.29, 0.717) is 19.6 Å². The lowest BCUT2D eigenvalue weighted by Gasteiger charge is -2.18. The molecule has 1 rings (SSSR count). The molecule has 0 heterocycles. The zero-order valence-corrected chi connectivity index (χ0v) is 10.9. The van der Waals surface area contributed by atoms with E-state index < -0.39 is 11.8 Å². The molecular formula is C13H20O4. The van der Waals surface area contributed by atoms with Gasteiger partial charge in [0.25, 0.3) is 0 Å². The smallest absolute Gasteiger partial charge is 0.313 e. The molecule has 1 aliphatic rings. The summed E-state index contributed by atoms with van der Waals surface area (Å²) < 4.78 is 10.0. The molecule has 0 saturated carbocycles. The van der Waals surface area contributed by atoms with Crippen LogP contribution in [0.3, 0.4) is 0 Å². The topological polar surface area (TPSA) is 52.6 Å². The van der Waals surface area contributed by atoms with Crippen molar-refractivity contribution < 1.29 is 19.1 Å². The van der Waals surface area contributed by atoms with Crippen molar-refractivity contribution in [3.05, 3.63) is 11.1 Å². The third kappa shape index (κ3) is 2.87. The van der Waals surface area contributed by atoms with Gasteiger partial charge in [0, 0.05) is 0 Å². The second-order valence-corrected chi connectivity index (χ2v) is 4.26. The number of ether oxygens (including phenoxy) is 2. The Kier molecular flexibility index (Phi) is 4.73. The third-order valence-electron chi connectivity index (χ3n) is 3.20. The van der Waals surface area contributed by atoms with E-state index >= 15 is 0 Å². The number of hydrogen-bond donors (Lipinski definition) is 0. The summed E-state index contributed by atoms with van der Waals surface area (Å²) in [5.74, 6) is -1.50. The van der Waals surface area contributed by atoms with Gasteiger partial charge >= 0.3 is 11.9 Å². The molecule has 4 nitrogen and oxygen atoms in total. The summed E-state index contributed by atoms with van der Waals surface area (Å²) in [7, 11) is 0. The lowest BCUT2D eigenvalue weighted by atomic mass is 9.92. The molecule has 4 heteroatoms. The Bertz CT molecular complexity index is 343. The molecule has 0 aromatic heterocycles. The van der Waals surface area contributed by atoms with Gasteiger partial charge < -0.3 is 9.47 Å². The highest BCUT2D eigenvalue weighted by molar-refractivity contribution is 5.86. The molecule has 0 fully saturated rings. The molecule has 0 aliphatic heterocycles. The zero-order valence-electron chi connectivity index (χ0n) is 10.9. The monoisotopic (exact) mass is 240 g/mol. The number of carbonyl (C=O) groups is 2. The highest BCUT2D eigenvalue weighted by Gasteiger charge is 2.42. The van der Waals surface area contributed by atoms with E-state index in [0.717, 1.165) is 11.1 Å². The molecule has 0 bridgehead atoms. The van der Waals surface area contributed by atoms with Crippen LogP contribution in [-0.2, 0) is 19.1 Å². The van der Waals surface area contributed by atoms with E-state index in [4.69, 9.17) is 9.47 Å². The molecule has 0 amide bonds. The fourth-order valence-corrected chi connectivity index (χ4v) is 2.22. The summed E-state index contributed by atoms with van der Waals surface area (Å²) in [4.78, 5) is 23.7. The zero-order chi connectivity index (χ0) is 13.0. The molecule has 0 radical (unpaired) electrons. The maximum absolute atomic E-state index is 11.9. The summed E-state index contributed by atoms with van der Waals surface area (Å²) in [6.45, 7) is 8.02. The van der Waals surface area contributed by atoms with Crippen molar-refractivity contribution in [3.8, 4) is 0 Å². The number of allylic oxidation sites excluding steroid dienone is 1. The van der Waals surface area contributed by atoms with Crippen LogP contribution in [0.15, 0.2) is 11.1 Å². The number of esters is 2. The van der Waals surface area contributed by atoms with E-state index in [1.807, 2.05) is 13.8 Å². The van der Waals surface area contributed by atoms with Crippen LogP contribution >= 0.6 is 0 Å². The van der Waals surface area contributed by atoms with Gasteiger partial charge in [0.1, 0.15) is 0 Å². The van der Waals surface area contributed by atoms with E-state index in [1.54, 1.807) is 13.8 Å². The minimum atomic E-state index is -0.464. The molecule has 0 spiro atoms. The van der Waals surface area contributed by atoms with Crippen molar-refractivity contribution in [1.82, 2.24) is 0 Å². The first-order valence-electron chi connectivity index (χ1n) is 6.02. The average molecular weight is 240 g/mol. The summed E-state index contributed by atoms with van der Waals surface area (Å²) in [5, 5.41) is 0. The molecule has 1 aliphatic carbocycles. The van der Waals surface area contributed by atoms with Crippen LogP contribution in [-0.4, -0.2) is 25.2 Å². The first-order valence-corrected chi connectivity index (χ1v) is 6.02. The van der Waals surface area contributed by atoms with Gasteiger partial charge in [-0.05, 0) is 34.1 Å². The number of rotatable bonds is 4. The van der Waals surface area contributed by atoms with Gasteiger partial charge in [0.2, 0.25) is 0 Å². The van der Waals surface area contributed by atoms with E-state index in [9.17, 15) is 9.59 Å². The van der Waals surface area contributed by atoms with E-state index in [-0.39, 0.29) is 11.9 Å². The maximum atomic E-state index is 11.9. The van der Waals surface area contributed by atoms with Crippen LogP contribution in [0.1, 0.15) is 34.1 Å². The molecule has 96 valence electrons. The highest BCUT2D eigenvalue weighted by atomic mass is 16.5. The Labute approximate surface area is 102 Å². The molecule has 2 atom stereocenters. The van der Waals surface area contributed by atoms with Crippen molar-refractivity contribution in [2.24, 2.45) is 11.8 Å². The SMILES string of the molecule is CCOC(=O)C1CC(C)=C(C)C1C(=O)OCC. The van der Waals surface area contributed by atoms with Gasteiger partial charge in [-0.1, -0.05) is 11.1 Å². The van der Waals surface area contributed by atoms with Gasteiger partial charge in [-0.15, -0.1) is 0 Å². The van der Waals surface area contributed by atoms with Crippen molar-refractivity contribution in [1.29, 1.82) is 0 Å². The van der Waals surface area contributed by atoms with Gasteiger partial charge in [-0.3, -0.25) is 9.59 Å². The molecule has 0 aromatic carbocycles. The normalized spacial score (nSPS) is 23.8. The first-order chi connectivity index (χ1) is 8.02. The fraction of sp³-hybridized carbons (Fsp3) is 0.692. The van der Waals surface area contributed by atoms with E-state index in [2.05, 4.69) is 0 Å². The van der Waals surface area contributed by atoms with Crippen LogP contribution in [0.5, 0.6) is 0 Å². The maximum Gasteiger partial charge on any atom is 0.313 e. The summed E-state index contributed by atoms with van der Waals surface area (Å²) in [6.07, 6.45) is 0.591. The molecule has 2 unspecified atom stereocenters. The van der Waals surface area contributed by atoms with Crippen LogP contribution in [0.4, 0.5) is 0 Å². The number of hydrogen-bond acceptors (Lipinski definition) is 4. The second-order valence-electron chi connectivity index (χ2n) is 4.26. The van der Waals surface area contributed by atoms with Crippen molar-refractivity contribution in [2.75, 3.05) is 13.2 Å². The quantitative estimate of drug-likeness (QED) is 0.557. The lowest BCUT2D eigenvalue weighted by Crippen LogP contribution is -2.30. The largest absolute Gasteiger partial charge is 0.466 e. The summed E-state index contributed by atoms with van der Waals surface area (Å²) in [5.41, 5.74) is 2.03. The molecule has 0 saturated heterocycles. The lowest BCUT2D eigenvalue weighted by molar-refractivity contribution is -0.158. The Morgan fingerprint density at radius 1 is 1.12 bits per heavy atom. The Morgan fingerprint density at radius 2 is 1.65 bits per heavy atom. The van der Waals surface area contributed by atoms with Gasteiger partial charge in [-0.2, -0.15) is 0 Å². The molecule has 0 aromatic rings. The molecular weight excluding hydrogens is 220 g/mol. The highest BCUT2D eigenvalue weighted by Crippen LogP contribution is 2.38. The van der Waals surface area contributed by atoms with Crippen molar-refractivity contribution in [3.63, 3.8) is 0 Å². The predicted octanol–water partition coefficient (Wildman–Crippen LogP) is 2.09. The van der Waals surface area contributed by atoms with Gasteiger partial charge in [0.15, 0.2) is 0 Å². The Balaban J connectivity index is 2.86. The van der Waals surface area contributed by atoms with Crippen LogP contribution < -0.4 is 0 Å². The van der Waals surface area contributed by atoms with Crippen LogP contribution in [0.25, 0.3) is 0 Å². The van der Waals surface area contributed by atoms with Crippen molar-refractivity contribution >= 4 is 11.9 Å². The fourth-order valence-electron chi connectivity index (χ4n) is 2.22. The summed E-state index contributed by atoms with van der Waals surface area (Å²) >= 11 is 0. The van der Waals surface area contributed by atoms with Crippen molar-refractivity contribution in [2.45, 2.75) is 34.1 Å². The average Bonchev–Trinajstić information content (AvgIpc) is 2.56. The predicted molar refractivity (Wildman–Crippen MR) is 63.2 cm³/mol. The van der Waals surface area contributed by atoms with Gasteiger partial charge in [-0.25, -0.2) is 0 Å². The Morgan fingerprint density at radius 3 is 2.18 bits per heavy atom. The molecule has 0 N–H and O–H groups in total. The van der Waals surface area contributed by atoms with Crippen LogP contribution in [0, 0.1) is 11.8 Å². The first kappa shape index (κ1) is 13.7. The third-order valence-corrected chi connectivity index (χ3v) is 3.20. The Hall–Kier alpha value is -1.32. The minimum Gasteiger partial charge on any atom is -0.466 e. The molecule has 17 heavy (non-hydrogen) atoms. The standard InChI is InChI=1S/C13H20O4/c1-5-16-12(14)10-7-8(3)9(4)11(10)13(15)17-6-2/h10-11H,5-7H2,1-4H3. The number of carbonyl (C=O) groups excluding carboxylic acids is 2. The minimum absolute atomic E-state index is 0.304.